The van der Waals surface area contributed by atoms with Crippen molar-refractivity contribution >= 4 is 18.5 Å². The van der Waals surface area contributed by atoms with Crippen molar-refractivity contribution in [2.75, 3.05) is 38.5 Å². The van der Waals surface area contributed by atoms with Crippen molar-refractivity contribution in [2.24, 2.45) is 0 Å². The SMILES string of the molecule is O=C(Cc1ccc[nH]1)N1CCN(CCS)CC1. The number of nitrogens with one attached hydrogen (secondary N) is 1. The largest absolute Gasteiger partial charge is 0.365 e. The highest BCUT2D eigenvalue weighted by molar-refractivity contribution is 7.80. The minimum absolute atomic E-state index is 0.220. The summed E-state index contributed by atoms with van der Waals surface area (Å²) in [4.78, 5) is 19.4. The Morgan fingerprint density at radius 2 is 2.12 bits per heavy atom. The van der Waals surface area contributed by atoms with Crippen LogP contribution in [0, 0.1) is 0 Å². The second-order valence-corrected chi connectivity index (χ2v) is 4.77. The van der Waals surface area contributed by atoms with E-state index in [-0.39, 0.29) is 5.91 Å². The second kappa shape index (κ2) is 6.12. The van der Waals surface area contributed by atoms with Gasteiger partial charge in [0.2, 0.25) is 5.91 Å². The second-order valence-electron chi connectivity index (χ2n) is 4.32. The third-order valence-electron chi connectivity index (χ3n) is 3.15. The Morgan fingerprint density at radius 3 is 2.71 bits per heavy atom. The van der Waals surface area contributed by atoms with Crippen molar-refractivity contribution in [2.45, 2.75) is 6.42 Å². The predicted molar refractivity (Wildman–Crippen MR) is 71.4 cm³/mol. The smallest absolute Gasteiger partial charge is 0.228 e. The summed E-state index contributed by atoms with van der Waals surface area (Å²) in [6, 6.07) is 3.88. The lowest BCUT2D eigenvalue weighted by atomic mass is 10.2. The molecule has 0 bridgehead atoms. The number of piperazine rings is 1. The monoisotopic (exact) mass is 253 g/mol. The van der Waals surface area contributed by atoms with Crippen LogP contribution in [0.5, 0.6) is 0 Å². The lowest BCUT2D eigenvalue weighted by Gasteiger charge is -2.34. The number of nitrogens with zero attached hydrogens (tertiary/aromatic N) is 2. The molecule has 1 N–H and O–H groups in total. The first kappa shape index (κ1) is 12.5. The molecule has 5 heteroatoms. The fraction of sp³-hybridized carbons (Fsp3) is 0.583. The average molecular weight is 253 g/mol. The number of hydrogen-bond donors (Lipinski definition) is 2. The van der Waals surface area contributed by atoms with E-state index in [1.165, 1.54) is 0 Å². The van der Waals surface area contributed by atoms with Gasteiger partial charge in [0.25, 0.3) is 0 Å². The van der Waals surface area contributed by atoms with E-state index in [2.05, 4.69) is 22.5 Å². The van der Waals surface area contributed by atoms with Crippen LogP contribution in [0.1, 0.15) is 5.69 Å². The Kier molecular flexibility index (Phi) is 4.50. The quantitative estimate of drug-likeness (QED) is 0.773. The fourth-order valence-electron chi connectivity index (χ4n) is 2.11. The van der Waals surface area contributed by atoms with E-state index in [9.17, 15) is 4.79 Å². The Hall–Kier alpha value is -0.940. The zero-order valence-electron chi connectivity index (χ0n) is 9.93. The summed E-state index contributed by atoms with van der Waals surface area (Å²) in [6.07, 6.45) is 2.34. The maximum absolute atomic E-state index is 12.0. The van der Waals surface area contributed by atoms with Crippen molar-refractivity contribution in [3.05, 3.63) is 24.0 Å². The van der Waals surface area contributed by atoms with Gasteiger partial charge in [-0.25, -0.2) is 0 Å². The maximum atomic E-state index is 12.0. The molecule has 1 fully saturated rings. The molecule has 1 aromatic rings. The van der Waals surface area contributed by atoms with Gasteiger partial charge in [0.1, 0.15) is 0 Å². The summed E-state index contributed by atoms with van der Waals surface area (Å²) >= 11 is 4.23. The van der Waals surface area contributed by atoms with Crippen LogP contribution in [-0.4, -0.2) is 59.2 Å². The highest BCUT2D eigenvalue weighted by atomic mass is 32.1. The van der Waals surface area contributed by atoms with Gasteiger partial charge in [-0.3, -0.25) is 9.69 Å². The normalized spacial score (nSPS) is 17.4. The van der Waals surface area contributed by atoms with E-state index in [1.807, 2.05) is 23.2 Å². The first-order valence-electron chi connectivity index (χ1n) is 6.03. The summed E-state index contributed by atoms with van der Waals surface area (Å²) in [5.74, 6) is 1.11. The molecule has 0 aromatic carbocycles. The number of carbonyl (C=O) groups excluding carboxylic acids is 1. The van der Waals surface area contributed by atoms with E-state index >= 15 is 0 Å². The number of rotatable bonds is 4. The molecular weight excluding hydrogens is 234 g/mol. The Bertz CT molecular complexity index is 345. The fourth-order valence-corrected chi connectivity index (χ4v) is 2.40. The highest BCUT2D eigenvalue weighted by Crippen LogP contribution is 2.05. The molecule has 0 spiro atoms. The first-order valence-corrected chi connectivity index (χ1v) is 6.66. The Balaban J connectivity index is 1.78. The van der Waals surface area contributed by atoms with Crippen molar-refractivity contribution in [1.82, 2.24) is 14.8 Å². The topological polar surface area (TPSA) is 39.3 Å². The van der Waals surface area contributed by atoms with Crippen LogP contribution in [0.3, 0.4) is 0 Å². The molecule has 0 saturated carbocycles. The third kappa shape index (κ3) is 3.51. The lowest BCUT2D eigenvalue weighted by Crippen LogP contribution is -2.49. The minimum atomic E-state index is 0.220. The zero-order chi connectivity index (χ0) is 12.1. The molecule has 0 radical (unpaired) electrons. The summed E-state index contributed by atoms with van der Waals surface area (Å²) in [5, 5.41) is 0. The molecule has 2 heterocycles. The predicted octanol–water partition coefficient (Wildman–Crippen LogP) is 0.631. The third-order valence-corrected chi connectivity index (χ3v) is 3.35. The van der Waals surface area contributed by atoms with E-state index in [4.69, 9.17) is 0 Å². The van der Waals surface area contributed by atoms with Gasteiger partial charge in [-0.1, -0.05) is 0 Å². The van der Waals surface area contributed by atoms with Gasteiger partial charge in [0.05, 0.1) is 6.42 Å². The van der Waals surface area contributed by atoms with Gasteiger partial charge in [-0.2, -0.15) is 12.6 Å². The molecular formula is C12H19N3OS. The first-order chi connectivity index (χ1) is 8.29. The van der Waals surface area contributed by atoms with Crippen molar-refractivity contribution in [1.29, 1.82) is 0 Å². The van der Waals surface area contributed by atoms with Gasteiger partial charge >= 0.3 is 0 Å². The van der Waals surface area contributed by atoms with Crippen LogP contribution in [0.15, 0.2) is 18.3 Å². The van der Waals surface area contributed by atoms with Gasteiger partial charge in [-0.05, 0) is 12.1 Å². The standard InChI is InChI=1S/C12H19N3OS/c16-12(10-11-2-1-3-13-11)15-6-4-14(5-7-15)8-9-17/h1-3,13,17H,4-10H2. The van der Waals surface area contributed by atoms with E-state index in [0.717, 1.165) is 44.2 Å². The molecule has 1 aliphatic rings. The number of aromatic amines is 1. The van der Waals surface area contributed by atoms with Crippen LogP contribution in [0.2, 0.25) is 0 Å². The van der Waals surface area contributed by atoms with Gasteiger partial charge in [-0.15, -0.1) is 0 Å². The number of H-pyrrole nitrogens is 1. The van der Waals surface area contributed by atoms with Crippen LogP contribution in [-0.2, 0) is 11.2 Å². The minimum Gasteiger partial charge on any atom is -0.365 e. The van der Waals surface area contributed by atoms with Gasteiger partial charge < -0.3 is 9.88 Å². The summed E-state index contributed by atoms with van der Waals surface area (Å²) in [6.45, 7) is 4.64. The molecule has 0 aliphatic carbocycles. The van der Waals surface area contributed by atoms with Crippen LogP contribution in [0.25, 0.3) is 0 Å². The number of hydrogen-bond acceptors (Lipinski definition) is 3. The van der Waals surface area contributed by atoms with E-state index in [0.29, 0.717) is 6.42 Å². The van der Waals surface area contributed by atoms with Gasteiger partial charge in [0, 0.05) is 50.4 Å². The zero-order valence-corrected chi connectivity index (χ0v) is 10.8. The van der Waals surface area contributed by atoms with Crippen molar-refractivity contribution < 1.29 is 4.79 Å². The molecule has 1 saturated heterocycles. The molecule has 94 valence electrons. The summed E-state index contributed by atoms with van der Waals surface area (Å²) in [7, 11) is 0. The van der Waals surface area contributed by atoms with E-state index < -0.39 is 0 Å². The number of carbonyl (C=O) groups is 1. The molecule has 2 rings (SSSR count). The van der Waals surface area contributed by atoms with Gasteiger partial charge in [0.15, 0.2) is 0 Å². The molecule has 4 nitrogen and oxygen atoms in total. The van der Waals surface area contributed by atoms with Crippen molar-refractivity contribution in [3.63, 3.8) is 0 Å². The number of amides is 1. The maximum Gasteiger partial charge on any atom is 0.228 e. The van der Waals surface area contributed by atoms with Crippen LogP contribution in [0.4, 0.5) is 0 Å². The molecule has 1 amide bonds. The average Bonchev–Trinajstić information content (AvgIpc) is 2.83. The Labute approximate surface area is 107 Å². The number of thiol groups is 1. The Morgan fingerprint density at radius 1 is 1.35 bits per heavy atom. The molecule has 0 atom stereocenters. The lowest BCUT2D eigenvalue weighted by molar-refractivity contribution is -0.132. The molecule has 1 aromatic heterocycles. The summed E-state index contributed by atoms with van der Waals surface area (Å²) in [5.41, 5.74) is 0.993. The molecule has 17 heavy (non-hydrogen) atoms. The van der Waals surface area contributed by atoms with Crippen molar-refractivity contribution in [3.8, 4) is 0 Å². The van der Waals surface area contributed by atoms with Crippen LogP contribution < -0.4 is 0 Å². The van der Waals surface area contributed by atoms with Crippen LogP contribution >= 0.6 is 12.6 Å². The van der Waals surface area contributed by atoms with E-state index in [1.54, 1.807) is 0 Å². The highest BCUT2D eigenvalue weighted by Gasteiger charge is 2.20. The molecule has 0 unspecified atom stereocenters. The number of aromatic nitrogens is 1. The summed E-state index contributed by atoms with van der Waals surface area (Å²) < 4.78 is 0. The molecule has 1 aliphatic heterocycles.